The Labute approximate surface area is 208 Å². The molecule has 2 bridgehead atoms. The second-order valence-electron chi connectivity index (χ2n) is 10.2. The molecule has 2 atom stereocenters. The first kappa shape index (κ1) is 24.2. The van der Waals surface area contributed by atoms with Crippen LogP contribution >= 0.6 is 0 Å². The number of rotatable bonds is 7. The van der Waals surface area contributed by atoms with Gasteiger partial charge in [0.2, 0.25) is 0 Å². The second kappa shape index (κ2) is 9.48. The number of nitrogens with one attached hydrogen (secondary N) is 2. The molecule has 10 heteroatoms. The van der Waals surface area contributed by atoms with Gasteiger partial charge < -0.3 is 20.6 Å². The molecule has 0 aliphatic carbocycles. The molecule has 3 aromatic heterocycles. The SMILES string of the molecule is CC(C)(O)C(F)CNC(=O)c1cnc(-c2ccc3cc(C#N)cnn23)cc1N[C@H]1CN2CCC1CC2. The van der Waals surface area contributed by atoms with Gasteiger partial charge in [-0.1, -0.05) is 0 Å². The number of aliphatic hydroxyl groups is 1. The summed E-state index contributed by atoms with van der Waals surface area (Å²) in [5.74, 6) is 0.0645. The summed E-state index contributed by atoms with van der Waals surface area (Å²) in [5.41, 5.74) is 1.96. The van der Waals surface area contributed by atoms with Gasteiger partial charge in [-0.2, -0.15) is 10.4 Å². The molecular formula is C26H30FN7O2. The number of nitrogens with zero attached hydrogens (tertiary/aromatic N) is 5. The number of carbonyl (C=O) groups excluding carboxylic acids is 1. The van der Waals surface area contributed by atoms with Crippen LogP contribution in [0.1, 0.15) is 42.6 Å². The molecule has 9 nitrogen and oxygen atoms in total. The molecule has 3 aromatic rings. The lowest BCUT2D eigenvalue weighted by molar-refractivity contribution is -0.00177. The van der Waals surface area contributed by atoms with Crippen molar-refractivity contribution in [3.63, 3.8) is 0 Å². The van der Waals surface area contributed by atoms with Crippen molar-refractivity contribution in [2.75, 3.05) is 31.5 Å². The van der Waals surface area contributed by atoms with Crippen LogP contribution in [0, 0.1) is 17.2 Å². The standard InChI is InChI=1S/C26H30FN7O2/c1-26(2,36)24(27)14-30-25(35)19-13-29-21(23-4-3-18-9-16(11-28)12-31-34(18)23)10-20(19)32-22-15-33-7-5-17(22)6-8-33/h3-4,9-10,12-13,17,22,24,36H,5-8,14-15H2,1-2H3,(H,29,32)(H,30,35)/t22-,24?/m0/s1. The Hall–Kier alpha value is -3.55. The Balaban J connectivity index is 1.47. The monoisotopic (exact) mass is 491 g/mol. The first-order chi connectivity index (χ1) is 17.2. The molecule has 3 fully saturated rings. The highest BCUT2D eigenvalue weighted by Gasteiger charge is 2.35. The minimum Gasteiger partial charge on any atom is -0.387 e. The van der Waals surface area contributed by atoms with Crippen LogP contribution in [0.15, 0.2) is 36.7 Å². The van der Waals surface area contributed by atoms with Crippen LogP contribution in [-0.4, -0.2) is 74.5 Å². The van der Waals surface area contributed by atoms with E-state index >= 15 is 0 Å². The van der Waals surface area contributed by atoms with Crippen LogP contribution in [0.2, 0.25) is 0 Å². The van der Waals surface area contributed by atoms with Gasteiger partial charge in [-0.05, 0) is 70.0 Å². The molecule has 1 unspecified atom stereocenters. The van der Waals surface area contributed by atoms with Gasteiger partial charge >= 0.3 is 0 Å². The average Bonchev–Trinajstić information content (AvgIpc) is 3.30. The second-order valence-corrected chi connectivity index (χ2v) is 10.2. The van der Waals surface area contributed by atoms with Gasteiger partial charge in [-0.25, -0.2) is 8.91 Å². The van der Waals surface area contributed by atoms with Crippen molar-refractivity contribution in [2.24, 2.45) is 5.92 Å². The van der Waals surface area contributed by atoms with E-state index in [0.717, 1.165) is 43.7 Å². The fourth-order valence-corrected chi connectivity index (χ4v) is 5.01. The number of amides is 1. The van der Waals surface area contributed by atoms with Crippen LogP contribution in [0.3, 0.4) is 0 Å². The molecule has 0 radical (unpaired) electrons. The molecule has 3 saturated heterocycles. The van der Waals surface area contributed by atoms with Crippen molar-refractivity contribution in [3.05, 3.63) is 47.8 Å². The van der Waals surface area contributed by atoms with E-state index in [9.17, 15) is 14.3 Å². The van der Waals surface area contributed by atoms with E-state index in [1.54, 1.807) is 10.6 Å². The Kier molecular flexibility index (Phi) is 6.36. The lowest BCUT2D eigenvalue weighted by Crippen LogP contribution is -2.53. The number of hydrogen-bond donors (Lipinski definition) is 3. The number of halogens is 1. The molecule has 6 rings (SSSR count). The van der Waals surface area contributed by atoms with E-state index in [1.807, 2.05) is 18.2 Å². The summed E-state index contributed by atoms with van der Waals surface area (Å²) in [4.78, 5) is 20.0. The minimum absolute atomic E-state index is 0.194. The van der Waals surface area contributed by atoms with Gasteiger partial charge in [0.25, 0.3) is 5.91 Å². The van der Waals surface area contributed by atoms with E-state index in [2.05, 4.69) is 31.7 Å². The maximum atomic E-state index is 14.3. The number of anilines is 1. The summed E-state index contributed by atoms with van der Waals surface area (Å²) < 4.78 is 16.0. The van der Waals surface area contributed by atoms with Crippen molar-refractivity contribution in [1.29, 1.82) is 5.26 Å². The van der Waals surface area contributed by atoms with Crippen molar-refractivity contribution in [2.45, 2.75) is 44.5 Å². The highest BCUT2D eigenvalue weighted by Crippen LogP contribution is 2.32. The Morgan fingerprint density at radius 2 is 2.08 bits per heavy atom. The normalized spacial score (nSPS) is 22.2. The molecule has 0 aromatic carbocycles. The summed E-state index contributed by atoms with van der Waals surface area (Å²) in [7, 11) is 0. The number of alkyl halides is 1. The summed E-state index contributed by atoms with van der Waals surface area (Å²) in [5, 5.41) is 29.6. The average molecular weight is 492 g/mol. The molecular weight excluding hydrogens is 461 g/mol. The van der Waals surface area contributed by atoms with E-state index in [4.69, 9.17) is 5.26 Å². The van der Waals surface area contributed by atoms with Gasteiger partial charge in [0.05, 0.1) is 52.1 Å². The first-order valence-electron chi connectivity index (χ1n) is 12.2. The maximum Gasteiger partial charge on any atom is 0.255 e. The Morgan fingerprint density at radius 3 is 2.75 bits per heavy atom. The highest BCUT2D eigenvalue weighted by atomic mass is 19.1. The van der Waals surface area contributed by atoms with Crippen molar-refractivity contribution < 1.29 is 14.3 Å². The topological polar surface area (TPSA) is 119 Å². The predicted molar refractivity (Wildman–Crippen MR) is 133 cm³/mol. The third-order valence-corrected chi connectivity index (χ3v) is 7.25. The molecule has 1 amide bonds. The summed E-state index contributed by atoms with van der Waals surface area (Å²) in [6.07, 6.45) is 3.61. The van der Waals surface area contributed by atoms with Gasteiger partial charge in [-0.15, -0.1) is 0 Å². The van der Waals surface area contributed by atoms with E-state index in [1.165, 1.54) is 26.2 Å². The Morgan fingerprint density at radius 1 is 1.31 bits per heavy atom. The molecule has 188 valence electrons. The smallest absolute Gasteiger partial charge is 0.255 e. The summed E-state index contributed by atoms with van der Waals surface area (Å²) in [6, 6.07) is 9.61. The van der Waals surface area contributed by atoms with E-state index < -0.39 is 17.7 Å². The number of hydrogen-bond acceptors (Lipinski definition) is 7. The van der Waals surface area contributed by atoms with Gasteiger partial charge in [0.1, 0.15) is 12.2 Å². The molecule has 0 saturated carbocycles. The van der Waals surface area contributed by atoms with Gasteiger partial charge in [0.15, 0.2) is 0 Å². The molecule has 6 heterocycles. The number of aromatic nitrogens is 3. The van der Waals surface area contributed by atoms with Gasteiger partial charge in [0, 0.05) is 18.8 Å². The molecule has 36 heavy (non-hydrogen) atoms. The van der Waals surface area contributed by atoms with Crippen molar-refractivity contribution in [3.8, 4) is 17.5 Å². The van der Waals surface area contributed by atoms with Gasteiger partial charge in [-0.3, -0.25) is 9.78 Å². The molecule has 3 aliphatic rings. The zero-order valence-electron chi connectivity index (χ0n) is 20.4. The third-order valence-electron chi connectivity index (χ3n) is 7.25. The highest BCUT2D eigenvalue weighted by molar-refractivity contribution is 6.00. The summed E-state index contributed by atoms with van der Waals surface area (Å²) in [6.45, 7) is 5.53. The number of piperidine rings is 3. The zero-order valence-corrected chi connectivity index (χ0v) is 20.4. The van der Waals surface area contributed by atoms with Crippen LogP contribution in [0.5, 0.6) is 0 Å². The quantitative estimate of drug-likeness (QED) is 0.465. The molecule has 3 N–H and O–H groups in total. The van der Waals surface area contributed by atoms with E-state index in [0.29, 0.717) is 28.4 Å². The van der Waals surface area contributed by atoms with Crippen LogP contribution in [-0.2, 0) is 0 Å². The molecule has 0 spiro atoms. The zero-order chi connectivity index (χ0) is 25.4. The summed E-state index contributed by atoms with van der Waals surface area (Å²) >= 11 is 0. The number of carbonyl (C=O) groups is 1. The maximum absolute atomic E-state index is 14.3. The minimum atomic E-state index is -1.61. The van der Waals surface area contributed by atoms with Crippen LogP contribution < -0.4 is 10.6 Å². The first-order valence-corrected chi connectivity index (χ1v) is 12.2. The fraction of sp³-hybridized carbons (Fsp3) is 0.462. The number of pyridine rings is 1. The number of nitriles is 1. The molecule has 3 aliphatic heterocycles. The lowest BCUT2D eigenvalue weighted by atomic mass is 9.84. The third kappa shape index (κ3) is 4.76. The van der Waals surface area contributed by atoms with E-state index in [-0.39, 0.29) is 12.6 Å². The number of fused-ring (bicyclic) bond motifs is 4. The fourth-order valence-electron chi connectivity index (χ4n) is 5.01. The Bertz CT molecular complexity index is 1320. The van der Waals surface area contributed by atoms with Crippen LogP contribution in [0.4, 0.5) is 10.1 Å². The largest absolute Gasteiger partial charge is 0.387 e. The predicted octanol–water partition coefficient (Wildman–Crippen LogP) is 2.61. The van der Waals surface area contributed by atoms with Crippen LogP contribution in [0.25, 0.3) is 16.9 Å². The van der Waals surface area contributed by atoms with Crippen molar-refractivity contribution >= 4 is 17.1 Å². The van der Waals surface area contributed by atoms with Crippen molar-refractivity contribution in [1.82, 2.24) is 24.8 Å². The lowest BCUT2D eigenvalue weighted by Gasteiger charge is -2.45.